The average Bonchev–Trinajstić information content (AvgIpc) is 2.61. The SMILES string of the molecule is Fc1ccc(/C=C/c2ccc(NCc3ccncc3)cc2)nc1. The molecule has 0 unspecified atom stereocenters. The molecule has 2 aromatic heterocycles. The smallest absolute Gasteiger partial charge is 0.141 e. The summed E-state index contributed by atoms with van der Waals surface area (Å²) in [4.78, 5) is 8.00. The predicted molar refractivity (Wildman–Crippen MR) is 91.1 cm³/mol. The van der Waals surface area contributed by atoms with Crippen LogP contribution < -0.4 is 5.32 Å². The molecular formula is C19H16FN3. The van der Waals surface area contributed by atoms with E-state index >= 15 is 0 Å². The van der Waals surface area contributed by atoms with Gasteiger partial charge in [-0.1, -0.05) is 18.2 Å². The number of nitrogens with one attached hydrogen (secondary N) is 1. The van der Waals surface area contributed by atoms with Crippen LogP contribution >= 0.6 is 0 Å². The van der Waals surface area contributed by atoms with E-state index < -0.39 is 0 Å². The minimum Gasteiger partial charge on any atom is -0.381 e. The van der Waals surface area contributed by atoms with Gasteiger partial charge in [-0.2, -0.15) is 0 Å². The van der Waals surface area contributed by atoms with Crippen LogP contribution in [0.2, 0.25) is 0 Å². The second-order valence-corrected chi connectivity index (χ2v) is 5.07. The van der Waals surface area contributed by atoms with Crippen molar-refractivity contribution in [1.29, 1.82) is 0 Å². The zero-order chi connectivity index (χ0) is 15.9. The Balaban J connectivity index is 1.59. The second-order valence-electron chi connectivity index (χ2n) is 5.07. The quantitative estimate of drug-likeness (QED) is 0.759. The van der Waals surface area contributed by atoms with E-state index in [0.717, 1.165) is 23.5 Å². The highest BCUT2D eigenvalue weighted by molar-refractivity contribution is 5.68. The minimum absolute atomic E-state index is 0.327. The fourth-order valence-corrected chi connectivity index (χ4v) is 2.08. The summed E-state index contributed by atoms with van der Waals surface area (Å²) in [5, 5.41) is 3.36. The summed E-state index contributed by atoms with van der Waals surface area (Å²) in [7, 11) is 0. The number of pyridine rings is 2. The van der Waals surface area contributed by atoms with Crippen LogP contribution in [0.4, 0.5) is 10.1 Å². The van der Waals surface area contributed by atoms with Crippen LogP contribution in [0.5, 0.6) is 0 Å². The predicted octanol–water partition coefficient (Wildman–Crippen LogP) is 4.40. The van der Waals surface area contributed by atoms with Gasteiger partial charge in [-0.3, -0.25) is 9.97 Å². The molecule has 1 aromatic carbocycles. The Morgan fingerprint density at radius 3 is 2.39 bits per heavy atom. The van der Waals surface area contributed by atoms with E-state index in [1.54, 1.807) is 18.5 Å². The van der Waals surface area contributed by atoms with Gasteiger partial charge in [0.15, 0.2) is 0 Å². The molecule has 0 bridgehead atoms. The first-order valence-electron chi connectivity index (χ1n) is 7.32. The van der Waals surface area contributed by atoms with E-state index in [0.29, 0.717) is 0 Å². The Hall–Kier alpha value is -3.01. The third kappa shape index (κ3) is 4.48. The molecule has 1 N–H and O–H groups in total. The standard InChI is InChI=1S/C19H16FN3/c20-17-4-8-19(23-14-17)7-3-15-1-5-18(6-2-15)22-13-16-9-11-21-12-10-16/h1-12,14,22H,13H2/b7-3+. The summed E-state index contributed by atoms with van der Waals surface area (Å²) in [6, 6.07) is 15.1. The zero-order valence-electron chi connectivity index (χ0n) is 12.5. The molecule has 0 amide bonds. The summed E-state index contributed by atoms with van der Waals surface area (Å²) in [5.41, 5.74) is 4.03. The molecule has 0 radical (unpaired) electrons. The van der Waals surface area contributed by atoms with Crippen molar-refractivity contribution in [2.24, 2.45) is 0 Å². The maximum absolute atomic E-state index is 12.8. The fraction of sp³-hybridized carbons (Fsp3) is 0.0526. The highest BCUT2D eigenvalue weighted by Gasteiger charge is 1.95. The van der Waals surface area contributed by atoms with Gasteiger partial charge >= 0.3 is 0 Å². The van der Waals surface area contributed by atoms with E-state index in [1.165, 1.54) is 17.8 Å². The molecule has 0 saturated carbocycles. The number of hydrogen-bond acceptors (Lipinski definition) is 3. The Kier molecular flexibility index (Phi) is 4.74. The van der Waals surface area contributed by atoms with Crippen molar-refractivity contribution < 1.29 is 4.39 Å². The first-order valence-corrected chi connectivity index (χ1v) is 7.32. The lowest BCUT2D eigenvalue weighted by Crippen LogP contribution is -1.98. The molecule has 0 aliphatic rings. The Bertz CT molecular complexity index is 766. The lowest BCUT2D eigenvalue weighted by molar-refractivity contribution is 0.621. The van der Waals surface area contributed by atoms with Crippen molar-refractivity contribution in [2.45, 2.75) is 6.54 Å². The topological polar surface area (TPSA) is 37.8 Å². The molecule has 3 nitrogen and oxygen atoms in total. The number of benzene rings is 1. The molecule has 3 rings (SSSR count). The van der Waals surface area contributed by atoms with Gasteiger partial charge in [0, 0.05) is 24.6 Å². The molecular weight excluding hydrogens is 289 g/mol. The van der Waals surface area contributed by atoms with Gasteiger partial charge < -0.3 is 5.32 Å². The Morgan fingerprint density at radius 2 is 1.70 bits per heavy atom. The molecule has 2 heterocycles. The van der Waals surface area contributed by atoms with E-state index in [4.69, 9.17) is 0 Å². The van der Waals surface area contributed by atoms with Crippen LogP contribution in [0.1, 0.15) is 16.8 Å². The van der Waals surface area contributed by atoms with E-state index in [-0.39, 0.29) is 5.82 Å². The van der Waals surface area contributed by atoms with Crippen LogP contribution in [0.15, 0.2) is 67.1 Å². The lowest BCUT2D eigenvalue weighted by atomic mass is 10.1. The number of rotatable bonds is 5. The summed E-state index contributed by atoms with van der Waals surface area (Å²) in [6.07, 6.45) is 8.60. The summed E-state index contributed by atoms with van der Waals surface area (Å²) < 4.78 is 12.8. The minimum atomic E-state index is -0.327. The number of nitrogens with zero attached hydrogens (tertiary/aromatic N) is 2. The summed E-state index contributed by atoms with van der Waals surface area (Å²) in [6.45, 7) is 0.761. The van der Waals surface area contributed by atoms with Gasteiger partial charge in [-0.25, -0.2) is 4.39 Å². The molecule has 0 saturated heterocycles. The first-order chi connectivity index (χ1) is 11.3. The fourth-order valence-electron chi connectivity index (χ4n) is 2.08. The van der Waals surface area contributed by atoms with Gasteiger partial charge in [0.05, 0.1) is 11.9 Å². The van der Waals surface area contributed by atoms with Crippen LogP contribution in [-0.2, 0) is 6.54 Å². The Morgan fingerprint density at radius 1 is 0.913 bits per heavy atom. The molecule has 0 aliphatic heterocycles. The van der Waals surface area contributed by atoms with Crippen LogP contribution in [0.25, 0.3) is 12.2 Å². The lowest BCUT2D eigenvalue weighted by Gasteiger charge is -2.06. The molecule has 0 aliphatic carbocycles. The van der Waals surface area contributed by atoms with Crippen LogP contribution in [0, 0.1) is 5.82 Å². The van der Waals surface area contributed by atoms with E-state index in [9.17, 15) is 4.39 Å². The molecule has 4 heteroatoms. The Labute approximate surface area is 134 Å². The van der Waals surface area contributed by atoms with Crippen molar-refractivity contribution in [3.63, 3.8) is 0 Å². The molecule has 114 valence electrons. The normalized spacial score (nSPS) is 10.8. The van der Waals surface area contributed by atoms with Crippen LogP contribution in [0.3, 0.4) is 0 Å². The highest BCUT2D eigenvalue weighted by atomic mass is 19.1. The van der Waals surface area contributed by atoms with E-state index in [1.807, 2.05) is 48.6 Å². The molecule has 0 fully saturated rings. The number of halogens is 1. The van der Waals surface area contributed by atoms with Crippen molar-refractivity contribution in [3.8, 4) is 0 Å². The second kappa shape index (κ2) is 7.31. The average molecular weight is 305 g/mol. The number of aromatic nitrogens is 2. The molecule has 0 spiro atoms. The van der Waals surface area contributed by atoms with Crippen molar-refractivity contribution in [3.05, 3.63) is 89.8 Å². The van der Waals surface area contributed by atoms with E-state index in [2.05, 4.69) is 15.3 Å². The van der Waals surface area contributed by atoms with Crippen LogP contribution in [-0.4, -0.2) is 9.97 Å². The summed E-state index contributed by atoms with van der Waals surface area (Å²) >= 11 is 0. The van der Waals surface area contributed by atoms with Gasteiger partial charge in [-0.15, -0.1) is 0 Å². The largest absolute Gasteiger partial charge is 0.381 e. The summed E-state index contributed by atoms with van der Waals surface area (Å²) in [5.74, 6) is -0.327. The third-order valence-electron chi connectivity index (χ3n) is 3.35. The molecule has 0 atom stereocenters. The molecule has 23 heavy (non-hydrogen) atoms. The number of hydrogen-bond donors (Lipinski definition) is 1. The van der Waals surface area contributed by atoms with Gasteiger partial charge in [0.25, 0.3) is 0 Å². The van der Waals surface area contributed by atoms with Crippen molar-refractivity contribution in [2.75, 3.05) is 5.32 Å². The van der Waals surface area contributed by atoms with Gasteiger partial charge in [-0.05, 0) is 53.6 Å². The van der Waals surface area contributed by atoms with Gasteiger partial charge in [0.1, 0.15) is 5.82 Å². The number of anilines is 1. The highest BCUT2D eigenvalue weighted by Crippen LogP contribution is 2.13. The maximum atomic E-state index is 12.8. The first kappa shape index (κ1) is 14.9. The molecule has 3 aromatic rings. The monoisotopic (exact) mass is 305 g/mol. The maximum Gasteiger partial charge on any atom is 0.141 e. The van der Waals surface area contributed by atoms with Gasteiger partial charge in [0.2, 0.25) is 0 Å². The van der Waals surface area contributed by atoms with Crippen molar-refractivity contribution in [1.82, 2.24) is 9.97 Å². The third-order valence-corrected chi connectivity index (χ3v) is 3.35. The van der Waals surface area contributed by atoms with Crippen molar-refractivity contribution >= 4 is 17.8 Å². The zero-order valence-corrected chi connectivity index (χ0v) is 12.5.